The average molecular weight is 213 g/mol. The number of thiophene rings is 1. The SMILES string of the molecule is N#Cc1cc(Cl)c(N2CCCC2)s1. The number of rotatable bonds is 1. The van der Waals surface area contributed by atoms with Crippen LogP contribution >= 0.6 is 22.9 Å². The van der Waals surface area contributed by atoms with Crippen molar-refractivity contribution in [2.45, 2.75) is 12.8 Å². The van der Waals surface area contributed by atoms with Crippen LogP contribution in [0.1, 0.15) is 17.7 Å². The predicted octanol–water partition coefficient (Wildman–Crippen LogP) is 2.87. The Balaban J connectivity index is 2.29. The van der Waals surface area contributed by atoms with E-state index in [1.54, 1.807) is 6.07 Å². The first-order valence-electron chi connectivity index (χ1n) is 4.25. The van der Waals surface area contributed by atoms with Gasteiger partial charge in [0.1, 0.15) is 15.9 Å². The molecule has 0 atom stereocenters. The van der Waals surface area contributed by atoms with E-state index in [-0.39, 0.29) is 0 Å². The molecule has 0 amide bonds. The minimum absolute atomic E-state index is 0.701. The van der Waals surface area contributed by atoms with Crippen LogP contribution in [0.15, 0.2) is 6.07 Å². The molecule has 0 N–H and O–H groups in total. The van der Waals surface area contributed by atoms with Gasteiger partial charge in [-0.2, -0.15) is 5.26 Å². The molecule has 1 aromatic rings. The molecular weight excluding hydrogens is 204 g/mol. The van der Waals surface area contributed by atoms with E-state index in [4.69, 9.17) is 16.9 Å². The molecule has 2 rings (SSSR count). The van der Waals surface area contributed by atoms with Crippen LogP contribution in [-0.4, -0.2) is 13.1 Å². The molecule has 1 aromatic heterocycles. The monoisotopic (exact) mass is 212 g/mol. The van der Waals surface area contributed by atoms with E-state index >= 15 is 0 Å². The molecule has 13 heavy (non-hydrogen) atoms. The van der Waals surface area contributed by atoms with E-state index in [1.165, 1.54) is 24.2 Å². The maximum absolute atomic E-state index is 8.70. The zero-order chi connectivity index (χ0) is 9.26. The maximum Gasteiger partial charge on any atom is 0.111 e. The van der Waals surface area contributed by atoms with Crippen LogP contribution in [0.25, 0.3) is 0 Å². The highest BCUT2D eigenvalue weighted by molar-refractivity contribution is 7.17. The molecule has 0 aliphatic carbocycles. The fourth-order valence-electron chi connectivity index (χ4n) is 1.55. The number of nitrogens with zero attached hydrogens (tertiary/aromatic N) is 2. The van der Waals surface area contributed by atoms with E-state index in [0.717, 1.165) is 23.1 Å². The summed E-state index contributed by atoms with van der Waals surface area (Å²) in [7, 11) is 0. The number of anilines is 1. The molecule has 1 fully saturated rings. The minimum Gasteiger partial charge on any atom is -0.362 e. The Morgan fingerprint density at radius 2 is 2.15 bits per heavy atom. The molecule has 2 heterocycles. The van der Waals surface area contributed by atoms with Crippen LogP contribution in [0.5, 0.6) is 0 Å². The lowest BCUT2D eigenvalue weighted by atomic mass is 10.4. The van der Waals surface area contributed by atoms with Crippen molar-refractivity contribution in [3.8, 4) is 6.07 Å². The Bertz CT molecular complexity index is 347. The van der Waals surface area contributed by atoms with Gasteiger partial charge in [0.2, 0.25) is 0 Å². The predicted molar refractivity (Wildman–Crippen MR) is 55.5 cm³/mol. The van der Waals surface area contributed by atoms with Crippen molar-refractivity contribution in [2.24, 2.45) is 0 Å². The van der Waals surface area contributed by atoms with Crippen molar-refractivity contribution >= 4 is 27.9 Å². The Labute approximate surface area is 86.3 Å². The molecule has 1 saturated heterocycles. The van der Waals surface area contributed by atoms with Gasteiger partial charge in [-0.05, 0) is 18.9 Å². The van der Waals surface area contributed by atoms with Crippen molar-refractivity contribution in [2.75, 3.05) is 18.0 Å². The third-order valence-corrected chi connectivity index (χ3v) is 3.67. The van der Waals surface area contributed by atoms with Crippen LogP contribution < -0.4 is 4.90 Å². The lowest BCUT2D eigenvalue weighted by Crippen LogP contribution is -2.16. The summed E-state index contributed by atoms with van der Waals surface area (Å²) in [5.41, 5.74) is 0. The van der Waals surface area contributed by atoms with Gasteiger partial charge in [-0.3, -0.25) is 0 Å². The molecule has 4 heteroatoms. The second kappa shape index (κ2) is 3.57. The number of halogens is 1. The Morgan fingerprint density at radius 1 is 1.46 bits per heavy atom. The van der Waals surface area contributed by atoms with Gasteiger partial charge in [-0.15, -0.1) is 11.3 Å². The molecule has 0 saturated carbocycles. The zero-order valence-corrected chi connectivity index (χ0v) is 8.66. The van der Waals surface area contributed by atoms with Gasteiger partial charge in [0, 0.05) is 13.1 Å². The van der Waals surface area contributed by atoms with Crippen molar-refractivity contribution in [1.82, 2.24) is 0 Å². The van der Waals surface area contributed by atoms with E-state index < -0.39 is 0 Å². The summed E-state index contributed by atoms with van der Waals surface area (Å²) in [5, 5.41) is 10.5. The summed E-state index contributed by atoms with van der Waals surface area (Å²) in [4.78, 5) is 2.96. The van der Waals surface area contributed by atoms with Crippen LogP contribution in [-0.2, 0) is 0 Å². The summed E-state index contributed by atoms with van der Waals surface area (Å²) < 4.78 is 0. The highest BCUT2D eigenvalue weighted by atomic mass is 35.5. The highest BCUT2D eigenvalue weighted by Crippen LogP contribution is 2.36. The van der Waals surface area contributed by atoms with Crippen LogP contribution in [0.4, 0.5) is 5.00 Å². The molecule has 2 nitrogen and oxygen atoms in total. The van der Waals surface area contributed by atoms with Gasteiger partial charge in [0.05, 0.1) is 5.02 Å². The molecule has 1 aliphatic rings. The summed E-state index contributed by atoms with van der Waals surface area (Å²) in [6.07, 6.45) is 2.46. The van der Waals surface area contributed by atoms with E-state index in [1.807, 2.05) is 0 Å². The largest absolute Gasteiger partial charge is 0.362 e. The lowest BCUT2D eigenvalue weighted by molar-refractivity contribution is 0.949. The first kappa shape index (κ1) is 8.86. The van der Waals surface area contributed by atoms with E-state index in [2.05, 4.69) is 11.0 Å². The smallest absolute Gasteiger partial charge is 0.111 e. The average Bonchev–Trinajstić information content (AvgIpc) is 2.72. The quantitative estimate of drug-likeness (QED) is 0.716. The van der Waals surface area contributed by atoms with Crippen LogP contribution in [0, 0.1) is 11.3 Å². The molecule has 0 bridgehead atoms. The highest BCUT2D eigenvalue weighted by Gasteiger charge is 2.17. The summed E-state index contributed by atoms with van der Waals surface area (Å²) in [5.74, 6) is 0. The first-order valence-corrected chi connectivity index (χ1v) is 5.45. The Hall–Kier alpha value is -0.720. The molecule has 0 aromatic carbocycles. The lowest BCUT2D eigenvalue weighted by Gasteiger charge is -2.14. The molecule has 0 radical (unpaired) electrons. The fraction of sp³-hybridized carbons (Fsp3) is 0.444. The van der Waals surface area contributed by atoms with Crippen LogP contribution in [0.3, 0.4) is 0 Å². The van der Waals surface area contributed by atoms with Gasteiger partial charge in [-0.1, -0.05) is 11.6 Å². The van der Waals surface area contributed by atoms with Crippen LogP contribution in [0.2, 0.25) is 5.02 Å². The zero-order valence-electron chi connectivity index (χ0n) is 7.09. The second-order valence-corrected chi connectivity index (χ2v) is 4.51. The second-order valence-electron chi connectivity index (χ2n) is 3.07. The number of nitriles is 1. The maximum atomic E-state index is 8.70. The fourth-order valence-corrected chi connectivity index (χ4v) is 2.86. The third kappa shape index (κ3) is 1.65. The summed E-state index contributed by atoms with van der Waals surface area (Å²) >= 11 is 7.51. The first-order chi connectivity index (χ1) is 6.31. The van der Waals surface area contributed by atoms with Gasteiger partial charge in [0.25, 0.3) is 0 Å². The van der Waals surface area contributed by atoms with Gasteiger partial charge in [0.15, 0.2) is 0 Å². The third-order valence-electron chi connectivity index (χ3n) is 2.17. The van der Waals surface area contributed by atoms with Gasteiger partial charge < -0.3 is 4.90 Å². The number of hydrogen-bond acceptors (Lipinski definition) is 3. The van der Waals surface area contributed by atoms with Crippen molar-refractivity contribution in [3.05, 3.63) is 16.0 Å². The van der Waals surface area contributed by atoms with Crippen molar-refractivity contribution in [3.63, 3.8) is 0 Å². The van der Waals surface area contributed by atoms with Crippen molar-refractivity contribution < 1.29 is 0 Å². The standard InChI is InChI=1S/C9H9ClN2S/c10-8-5-7(6-11)13-9(8)12-3-1-2-4-12/h5H,1-4H2. The topological polar surface area (TPSA) is 27.0 Å². The molecule has 0 unspecified atom stereocenters. The minimum atomic E-state index is 0.701. The van der Waals surface area contributed by atoms with E-state index in [0.29, 0.717) is 4.88 Å². The summed E-state index contributed by atoms with van der Waals surface area (Å²) in [6, 6.07) is 3.87. The molecular formula is C9H9ClN2S. The van der Waals surface area contributed by atoms with E-state index in [9.17, 15) is 0 Å². The molecule has 1 aliphatic heterocycles. The normalized spacial score (nSPS) is 16.2. The molecule has 0 spiro atoms. The van der Waals surface area contributed by atoms with Gasteiger partial charge in [-0.25, -0.2) is 0 Å². The van der Waals surface area contributed by atoms with Gasteiger partial charge >= 0.3 is 0 Å². The Morgan fingerprint density at radius 3 is 2.69 bits per heavy atom. The molecule has 68 valence electrons. The number of hydrogen-bond donors (Lipinski definition) is 0. The Kier molecular flexibility index (Phi) is 2.43. The summed E-state index contributed by atoms with van der Waals surface area (Å²) in [6.45, 7) is 2.15. The van der Waals surface area contributed by atoms with Crippen molar-refractivity contribution in [1.29, 1.82) is 5.26 Å².